The first-order valence-corrected chi connectivity index (χ1v) is 12.6. The lowest BCUT2D eigenvalue weighted by Gasteiger charge is -2.24. The second kappa shape index (κ2) is 8.72. The second-order valence-corrected chi connectivity index (χ2v) is 11.1. The molecule has 10 heteroatoms. The van der Waals surface area contributed by atoms with Gasteiger partial charge in [0.1, 0.15) is 0 Å². The Labute approximate surface area is 190 Å². The van der Waals surface area contributed by atoms with Crippen molar-refractivity contribution < 1.29 is 22.7 Å². The number of hydrogen-bond donors (Lipinski definition) is 0. The van der Waals surface area contributed by atoms with Crippen molar-refractivity contribution in [1.82, 2.24) is 0 Å². The summed E-state index contributed by atoms with van der Waals surface area (Å²) in [5.41, 5.74) is 1.47. The van der Waals surface area contributed by atoms with E-state index < -0.39 is 9.84 Å². The van der Waals surface area contributed by atoms with Crippen molar-refractivity contribution in [3.05, 3.63) is 53.1 Å². The molecule has 2 heterocycles. The fourth-order valence-electron chi connectivity index (χ4n) is 3.80. The molecule has 2 aromatic carbocycles. The van der Waals surface area contributed by atoms with Gasteiger partial charge in [0.05, 0.1) is 38.2 Å². The Morgan fingerprint density at radius 1 is 1.16 bits per heavy atom. The van der Waals surface area contributed by atoms with E-state index in [2.05, 4.69) is 4.99 Å². The molecule has 2 fully saturated rings. The quantitative estimate of drug-likeness (QED) is 0.649. The van der Waals surface area contributed by atoms with Gasteiger partial charge in [-0.15, -0.1) is 0 Å². The third-order valence-electron chi connectivity index (χ3n) is 5.18. The Morgan fingerprint density at radius 2 is 1.94 bits per heavy atom. The lowest BCUT2D eigenvalue weighted by Crippen LogP contribution is -2.37. The van der Waals surface area contributed by atoms with Crippen molar-refractivity contribution >= 4 is 50.0 Å². The van der Waals surface area contributed by atoms with Gasteiger partial charge in [0, 0.05) is 16.0 Å². The summed E-state index contributed by atoms with van der Waals surface area (Å²) in [6.45, 7) is 0. The molecule has 2 aromatic rings. The summed E-state index contributed by atoms with van der Waals surface area (Å²) in [4.78, 5) is 18.9. The van der Waals surface area contributed by atoms with E-state index in [9.17, 15) is 13.2 Å². The van der Waals surface area contributed by atoms with E-state index in [1.165, 1.54) is 18.9 Å². The van der Waals surface area contributed by atoms with Gasteiger partial charge in [0.15, 0.2) is 26.5 Å². The maximum absolute atomic E-state index is 12.8. The van der Waals surface area contributed by atoms with Crippen molar-refractivity contribution in [1.29, 1.82) is 0 Å². The third-order valence-corrected chi connectivity index (χ3v) is 8.62. The molecular weight excluding hydrogens is 460 g/mol. The first kappa shape index (κ1) is 22.0. The number of benzene rings is 2. The van der Waals surface area contributed by atoms with Gasteiger partial charge in [-0.1, -0.05) is 35.5 Å². The molecule has 31 heavy (non-hydrogen) atoms. The topological polar surface area (TPSA) is 85.3 Å². The first-order chi connectivity index (χ1) is 14.8. The van der Waals surface area contributed by atoms with Gasteiger partial charge in [0.25, 0.3) is 5.91 Å². The van der Waals surface area contributed by atoms with Crippen LogP contribution in [0, 0.1) is 0 Å². The standard InChI is InChI=1S/C21H21ClN2O5S2/c1-28-17-7-6-13(8-18(17)29-2)9-20(25)23-21-24(15-5-3-4-14(22)10-15)16-11-31(26,27)12-19(16)30-21/h3-8,10,16,19H,9,11-12H2,1-2H3/t16-,19+/m1/s1. The number of aliphatic imine (C=N–C) groups is 1. The van der Waals surface area contributed by atoms with Crippen LogP contribution in [-0.2, 0) is 21.1 Å². The number of amides is 1. The fraction of sp³-hybridized carbons (Fsp3) is 0.333. The summed E-state index contributed by atoms with van der Waals surface area (Å²) >= 11 is 7.49. The molecule has 0 saturated carbocycles. The summed E-state index contributed by atoms with van der Waals surface area (Å²) in [5.74, 6) is 0.889. The van der Waals surface area contributed by atoms with Crippen LogP contribution in [-0.4, -0.2) is 56.5 Å². The predicted octanol–water partition coefficient (Wildman–Crippen LogP) is 3.20. The molecule has 0 spiro atoms. The SMILES string of the molecule is COc1ccc(CC(=O)N=C2S[C@H]3CS(=O)(=O)C[C@H]3N2c2cccc(Cl)c2)cc1OC. The number of ether oxygens (including phenoxy) is 2. The summed E-state index contributed by atoms with van der Waals surface area (Å²) in [6, 6.07) is 12.1. The van der Waals surface area contributed by atoms with E-state index in [1.54, 1.807) is 43.5 Å². The predicted molar refractivity (Wildman–Crippen MR) is 123 cm³/mol. The fourth-order valence-corrected chi connectivity index (χ4v) is 7.92. The Kier molecular flexibility index (Phi) is 6.18. The minimum atomic E-state index is -3.13. The molecule has 0 aromatic heterocycles. The maximum Gasteiger partial charge on any atom is 0.252 e. The molecule has 1 amide bonds. The molecule has 164 valence electrons. The zero-order valence-electron chi connectivity index (χ0n) is 16.9. The first-order valence-electron chi connectivity index (χ1n) is 9.54. The van der Waals surface area contributed by atoms with Crippen LogP contribution < -0.4 is 14.4 Å². The lowest BCUT2D eigenvalue weighted by molar-refractivity contribution is -0.117. The van der Waals surface area contributed by atoms with E-state index in [0.29, 0.717) is 21.7 Å². The number of carbonyl (C=O) groups is 1. The number of rotatable bonds is 5. The highest BCUT2D eigenvalue weighted by Gasteiger charge is 2.49. The summed E-state index contributed by atoms with van der Waals surface area (Å²) in [7, 11) is -0.0472. The smallest absolute Gasteiger partial charge is 0.252 e. The lowest BCUT2D eigenvalue weighted by atomic mass is 10.1. The van der Waals surface area contributed by atoms with Crippen LogP contribution in [0.15, 0.2) is 47.5 Å². The molecule has 7 nitrogen and oxygen atoms in total. The van der Waals surface area contributed by atoms with Crippen molar-refractivity contribution in [2.24, 2.45) is 4.99 Å². The number of thioether (sulfide) groups is 1. The van der Waals surface area contributed by atoms with Gasteiger partial charge in [-0.2, -0.15) is 4.99 Å². The van der Waals surface area contributed by atoms with Gasteiger partial charge in [-0.25, -0.2) is 8.42 Å². The van der Waals surface area contributed by atoms with Crippen LogP contribution in [0.1, 0.15) is 5.56 Å². The molecule has 2 saturated heterocycles. The Hall–Kier alpha value is -2.23. The second-order valence-electron chi connectivity index (χ2n) is 7.30. The van der Waals surface area contributed by atoms with Crippen LogP contribution in [0.2, 0.25) is 5.02 Å². The highest BCUT2D eigenvalue weighted by molar-refractivity contribution is 8.16. The van der Waals surface area contributed by atoms with Gasteiger partial charge in [-0.3, -0.25) is 4.79 Å². The number of nitrogens with zero attached hydrogens (tertiary/aromatic N) is 2. The Balaban J connectivity index is 1.61. The normalized spacial score (nSPS) is 23.1. The average molecular weight is 481 g/mol. The number of anilines is 1. The molecular formula is C21H21ClN2O5S2. The van der Waals surface area contributed by atoms with E-state index in [1.807, 2.05) is 11.0 Å². The number of fused-ring (bicyclic) bond motifs is 1. The Morgan fingerprint density at radius 3 is 2.65 bits per heavy atom. The molecule has 0 bridgehead atoms. The molecule has 2 aliphatic heterocycles. The average Bonchev–Trinajstić information content (AvgIpc) is 3.18. The van der Waals surface area contributed by atoms with Gasteiger partial charge in [-0.05, 0) is 35.9 Å². The van der Waals surface area contributed by atoms with Gasteiger partial charge >= 0.3 is 0 Å². The molecule has 2 atom stereocenters. The number of sulfone groups is 1. The minimum Gasteiger partial charge on any atom is -0.493 e. The number of carbonyl (C=O) groups excluding carboxylic acids is 1. The molecule has 2 aliphatic rings. The number of methoxy groups -OCH3 is 2. The zero-order chi connectivity index (χ0) is 22.2. The highest BCUT2D eigenvalue weighted by Crippen LogP contribution is 2.41. The maximum atomic E-state index is 12.8. The monoisotopic (exact) mass is 480 g/mol. The number of amidine groups is 1. The van der Waals surface area contributed by atoms with Gasteiger partial charge < -0.3 is 14.4 Å². The van der Waals surface area contributed by atoms with E-state index in [-0.39, 0.29) is 35.1 Å². The van der Waals surface area contributed by atoms with E-state index in [0.717, 1.165) is 11.3 Å². The van der Waals surface area contributed by atoms with Crippen LogP contribution in [0.3, 0.4) is 0 Å². The molecule has 4 rings (SSSR count). The molecule has 0 unspecified atom stereocenters. The van der Waals surface area contributed by atoms with Gasteiger partial charge in [0.2, 0.25) is 0 Å². The number of hydrogen-bond acceptors (Lipinski definition) is 6. The van der Waals surface area contributed by atoms with Crippen LogP contribution >= 0.6 is 23.4 Å². The van der Waals surface area contributed by atoms with Crippen molar-refractivity contribution in [2.75, 3.05) is 30.6 Å². The van der Waals surface area contributed by atoms with E-state index in [4.69, 9.17) is 21.1 Å². The van der Waals surface area contributed by atoms with Crippen molar-refractivity contribution in [3.63, 3.8) is 0 Å². The zero-order valence-corrected chi connectivity index (χ0v) is 19.3. The summed E-state index contributed by atoms with van der Waals surface area (Å²) < 4.78 is 34.9. The summed E-state index contributed by atoms with van der Waals surface area (Å²) in [6.07, 6.45) is 0.0848. The summed E-state index contributed by atoms with van der Waals surface area (Å²) in [5, 5.41) is 0.858. The van der Waals surface area contributed by atoms with Crippen molar-refractivity contribution in [2.45, 2.75) is 17.7 Å². The van der Waals surface area contributed by atoms with Crippen LogP contribution in [0.5, 0.6) is 11.5 Å². The molecule has 0 aliphatic carbocycles. The Bertz CT molecular complexity index is 1150. The van der Waals surface area contributed by atoms with E-state index >= 15 is 0 Å². The molecule has 0 radical (unpaired) electrons. The minimum absolute atomic E-state index is 0.0278. The third kappa shape index (κ3) is 4.68. The number of halogens is 1. The molecule has 0 N–H and O–H groups in total. The van der Waals surface area contributed by atoms with Crippen LogP contribution in [0.4, 0.5) is 5.69 Å². The highest BCUT2D eigenvalue weighted by atomic mass is 35.5. The largest absolute Gasteiger partial charge is 0.493 e. The van der Waals surface area contributed by atoms with Crippen molar-refractivity contribution in [3.8, 4) is 11.5 Å². The van der Waals surface area contributed by atoms with Crippen LogP contribution in [0.25, 0.3) is 0 Å².